The van der Waals surface area contributed by atoms with Gasteiger partial charge in [-0.3, -0.25) is 0 Å². The van der Waals surface area contributed by atoms with Crippen LogP contribution in [-0.2, 0) is 11.3 Å². The highest BCUT2D eigenvalue weighted by molar-refractivity contribution is 9.18. The second-order valence-corrected chi connectivity index (χ2v) is 6.41. The lowest BCUT2D eigenvalue weighted by molar-refractivity contribution is -0.0612. The largest absolute Gasteiger partial charge is 0.388 e. The first kappa shape index (κ1) is 13.1. The lowest BCUT2D eigenvalue weighted by Gasteiger charge is -2.37. The Labute approximate surface area is 122 Å². The zero-order valence-corrected chi connectivity index (χ0v) is 12.6. The van der Waals surface area contributed by atoms with Crippen molar-refractivity contribution in [2.45, 2.75) is 31.3 Å². The summed E-state index contributed by atoms with van der Waals surface area (Å²) in [7, 11) is 0. The van der Waals surface area contributed by atoms with Crippen LogP contribution in [0.4, 0.5) is 0 Å². The molecule has 0 saturated carbocycles. The summed E-state index contributed by atoms with van der Waals surface area (Å²) in [5, 5.41) is 4.05. The number of benzene rings is 1. The van der Waals surface area contributed by atoms with Crippen LogP contribution in [0, 0.1) is 0 Å². The van der Waals surface area contributed by atoms with E-state index in [9.17, 15) is 0 Å². The zero-order chi connectivity index (χ0) is 13.1. The maximum Gasteiger partial charge on any atom is 0.146 e. The third-order valence-electron chi connectivity index (χ3n) is 4.13. The summed E-state index contributed by atoms with van der Waals surface area (Å²) < 4.78 is 0.963. The molecule has 4 heteroatoms. The highest BCUT2D eigenvalue weighted by Crippen LogP contribution is 2.35. The van der Waals surface area contributed by atoms with Gasteiger partial charge in [0.1, 0.15) is 10.2 Å². The summed E-state index contributed by atoms with van der Waals surface area (Å²) in [6.45, 7) is 3.37. The minimum atomic E-state index is -0.0118. The highest BCUT2D eigenvalue weighted by Gasteiger charge is 2.41. The number of likely N-dealkylation sites (tertiary alicyclic amines) is 1. The van der Waals surface area contributed by atoms with Gasteiger partial charge in [-0.2, -0.15) is 0 Å². The first-order valence-electron chi connectivity index (χ1n) is 6.93. The van der Waals surface area contributed by atoms with Gasteiger partial charge in [0.15, 0.2) is 0 Å². The molecule has 3 rings (SSSR count). The number of halogens is 1. The molecule has 0 atom stereocenters. The Kier molecular flexibility index (Phi) is 3.89. The maximum absolute atomic E-state index is 5.62. The summed E-state index contributed by atoms with van der Waals surface area (Å²) >= 11 is 3.44. The Morgan fingerprint density at radius 3 is 2.58 bits per heavy atom. The van der Waals surface area contributed by atoms with E-state index in [2.05, 4.69) is 56.3 Å². The smallest absolute Gasteiger partial charge is 0.146 e. The van der Waals surface area contributed by atoms with Crippen molar-refractivity contribution in [2.24, 2.45) is 5.16 Å². The molecule has 19 heavy (non-hydrogen) atoms. The van der Waals surface area contributed by atoms with Crippen molar-refractivity contribution in [2.75, 3.05) is 19.6 Å². The first-order valence-corrected chi connectivity index (χ1v) is 7.72. The number of oxime groups is 1. The average Bonchev–Trinajstić information content (AvgIpc) is 2.81. The summed E-state index contributed by atoms with van der Waals surface area (Å²) in [4.78, 5) is 8.15. The van der Waals surface area contributed by atoms with Gasteiger partial charge in [0.05, 0.1) is 0 Å². The van der Waals surface area contributed by atoms with E-state index in [1.165, 1.54) is 5.56 Å². The number of rotatable bonds is 3. The number of hydrogen-bond acceptors (Lipinski definition) is 3. The second kappa shape index (κ2) is 5.63. The Morgan fingerprint density at radius 1 is 1.21 bits per heavy atom. The van der Waals surface area contributed by atoms with Gasteiger partial charge >= 0.3 is 0 Å². The van der Waals surface area contributed by atoms with Crippen molar-refractivity contribution in [3.05, 3.63) is 35.9 Å². The van der Waals surface area contributed by atoms with Gasteiger partial charge < -0.3 is 9.74 Å². The number of piperidine rings is 1. The van der Waals surface area contributed by atoms with Gasteiger partial charge in [0, 0.05) is 38.9 Å². The molecular formula is C15H19BrN2O. The van der Waals surface area contributed by atoms with Gasteiger partial charge in [-0.15, -0.1) is 0 Å². The molecule has 2 aliphatic heterocycles. The lowest BCUT2D eigenvalue weighted by atomic mass is 9.89. The molecule has 1 fully saturated rings. The van der Waals surface area contributed by atoms with Crippen molar-refractivity contribution in [1.82, 2.24) is 4.90 Å². The van der Waals surface area contributed by atoms with Crippen LogP contribution in [0.3, 0.4) is 0 Å². The monoisotopic (exact) mass is 322 g/mol. The third kappa shape index (κ3) is 3.18. The molecule has 1 saturated heterocycles. The Bertz CT molecular complexity index is 452. The predicted octanol–water partition coefficient (Wildman–Crippen LogP) is 3.19. The maximum atomic E-state index is 5.62. The fourth-order valence-electron chi connectivity index (χ4n) is 2.86. The van der Waals surface area contributed by atoms with Gasteiger partial charge in [-0.25, -0.2) is 0 Å². The summed E-state index contributed by atoms with van der Waals surface area (Å²) in [6, 6.07) is 10.7. The number of nitrogens with zero attached hydrogens (tertiary/aromatic N) is 2. The van der Waals surface area contributed by atoms with Gasteiger partial charge in [-0.1, -0.05) is 35.5 Å². The van der Waals surface area contributed by atoms with Gasteiger partial charge in [0.2, 0.25) is 0 Å². The van der Waals surface area contributed by atoms with Crippen molar-refractivity contribution in [1.29, 1.82) is 0 Å². The van der Waals surface area contributed by atoms with E-state index in [1.54, 1.807) is 0 Å². The van der Waals surface area contributed by atoms with Crippen LogP contribution in [0.1, 0.15) is 24.8 Å². The Hall–Kier alpha value is -0.870. The van der Waals surface area contributed by atoms with Crippen LogP contribution in [-0.4, -0.2) is 34.8 Å². The molecule has 2 aliphatic rings. The topological polar surface area (TPSA) is 24.8 Å². The first-order chi connectivity index (χ1) is 9.26. The molecule has 0 amide bonds. The molecular weight excluding hydrogens is 304 g/mol. The van der Waals surface area contributed by atoms with Crippen molar-refractivity contribution >= 4 is 20.6 Å². The van der Waals surface area contributed by atoms with Crippen LogP contribution < -0.4 is 0 Å². The van der Waals surface area contributed by atoms with Crippen molar-refractivity contribution in [3.8, 4) is 0 Å². The van der Waals surface area contributed by atoms with Crippen molar-refractivity contribution < 1.29 is 4.84 Å². The van der Waals surface area contributed by atoms with Gasteiger partial charge in [0.25, 0.3) is 0 Å². The molecule has 0 radical (unpaired) electrons. The molecule has 0 aliphatic carbocycles. The normalized spacial score (nSPS) is 22.3. The fraction of sp³-hybridized carbons (Fsp3) is 0.533. The van der Waals surface area contributed by atoms with E-state index in [0.29, 0.717) is 0 Å². The second-order valence-electron chi connectivity index (χ2n) is 5.50. The van der Waals surface area contributed by atoms with E-state index < -0.39 is 0 Å². The Morgan fingerprint density at radius 2 is 1.95 bits per heavy atom. The standard InChI is InChI=1S/C15H19BrN2O/c16-14-12-15(19-17-14)7-10-18(11-8-15)9-6-13-4-2-1-3-5-13/h1-5H,6-12H2. The molecule has 1 aromatic rings. The van der Waals surface area contributed by atoms with E-state index in [4.69, 9.17) is 4.84 Å². The molecule has 1 aromatic carbocycles. The lowest BCUT2D eigenvalue weighted by Crippen LogP contribution is -2.44. The zero-order valence-electron chi connectivity index (χ0n) is 11.0. The molecule has 2 heterocycles. The van der Waals surface area contributed by atoms with Crippen LogP contribution in [0.2, 0.25) is 0 Å². The highest BCUT2D eigenvalue weighted by atomic mass is 79.9. The van der Waals surface area contributed by atoms with E-state index >= 15 is 0 Å². The fourth-order valence-corrected chi connectivity index (χ4v) is 3.44. The van der Waals surface area contributed by atoms with E-state index in [0.717, 1.165) is 49.9 Å². The molecule has 1 spiro atoms. The quantitative estimate of drug-likeness (QED) is 0.853. The van der Waals surface area contributed by atoms with Crippen LogP contribution in [0.5, 0.6) is 0 Å². The Balaban J connectivity index is 1.46. The van der Waals surface area contributed by atoms with Crippen LogP contribution >= 0.6 is 15.9 Å². The molecule has 0 unspecified atom stereocenters. The predicted molar refractivity (Wildman–Crippen MR) is 80.6 cm³/mol. The molecule has 102 valence electrons. The van der Waals surface area contributed by atoms with E-state index in [1.807, 2.05) is 0 Å². The minimum absolute atomic E-state index is 0.0118. The van der Waals surface area contributed by atoms with E-state index in [-0.39, 0.29) is 5.60 Å². The number of hydrogen-bond donors (Lipinski definition) is 0. The molecule has 0 N–H and O–H groups in total. The molecule has 0 bridgehead atoms. The van der Waals surface area contributed by atoms with Crippen molar-refractivity contribution in [3.63, 3.8) is 0 Å². The van der Waals surface area contributed by atoms with Crippen LogP contribution in [0.15, 0.2) is 35.5 Å². The summed E-state index contributed by atoms with van der Waals surface area (Å²) in [5.41, 5.74) is 1.41. The SMILES string of the molecule is BrC1=NOC2(CCN(CCc3ccccc3)CC2)C1. The average molecular weight is 323 g/mol. The van der Waals surface area contributed by atoms with Gasteiger partial charge in [-0.05, 0) is 27.9 Å². The minimum Gasteiger partial charge on any atom is -0.388 e. The third-order valence-corrected chi connectivity index (χ3v) is 4.56. The summed E-state index contributed by atoms with van der Waals surface area (Å²) in [6.07, 6.45) is 4.25. The van der Waals surface area contributed by atoms with Crippen LogP contribution in [0.25, 0.3) is 0 Å². The molecule has 3 nitrogen and oxygen atoms in total. The molecule has 0 aromatic heterocycles. The summed E-state index contributed by atoms with van der Waals surface area (Å²) in [5.74, 6) is 0.